The molecule has 2 atom stereocenters. The molecule has 0 amide bonds. The third kappa shape index (κ3) is 4.88. The van der Waals surface area contributed by atoms with Crippen molar-refractivity contribution in [3.05, 3.63) is 75.7 Å². The molecule has 0 bridgehead atoms. The first-order chi connectivity index (χ1) is 16.9. The quantitative estimate of drug-likeness (QED) is 0.340. The first-order valence-electron chi connectivity index (χ1n) is 12.1. The highest BCUT2D eigenvalue weighted by Crippen LogP contribution is 2.33. The van der Waals surface area contributed by atoms with Crippen LogP contribution in [0.3, 0.4) is 0 Å². The van der Waals surface area contributed by atoms with E-state index in [0.717, 1.165) is 22.0 Å². The molecule has 2 unspecified atom stereocenters. The van der Waals surface area contributed by atoms with E-state index < -0.39 is 12.3 Å². The summed E-state index contributed by atoms with van der Waals surface area (Å²) < 4.78 is 8.78. The second-order valence-electron chi connectivity index (χ2n) is 8.87. The van der Waals surface area contributed by atoms with Crippen molar-refractivity contribution in [2.75, 3.05) is 19.7 Å². The highest BCUT2D eigenvalue weighted by atomic mass is 16.5. The van der Waals surface area contributed by atoms with Gasteiger partial charge in [-0.05, 0) is 37.2 Å². The lowest BCUT2D eigenvalue weighted by Gasteiger charge is -2.25. The molecule has 2 aromatic heterocycles. The van der Waals surface area contributed by atoms with Crippen LogP contribution < -0.4 is 5.56 Å². The number of aliphatic hydroxyl groups is 2. The van der Waals surface area contributed by atoms with Crippen molar-refractivity contribution in [3.8, 4) is 0 Å². The van der Waals surface area contributed by atoms with E-state index in [1.807, 2.05) is 85.8 Å². The molecule has 0 saturated heterocycles. The van der Waals surface area contributed by atoms with Crippen LogP contribution in [0.25, 0.3) is 21.8 Å². The minimum absolute atomic E-state index is 0.0396. The van der Waals surface area contributed by atoms with E-state index in [1.165, 1.54) is 4.68 Å². The predicted molar refractivity (Wildman–Crippen MR) is 137 cm³/mol. The summed E-state index contributed by atoms with van der Waals surface area (Å²) in [6, 6.07) is 15.6. The first-order valence-corrected chi connectivity index (χ1v) is 12.1. The summed E-state index contributed by atoms with van der Waals surface area (Å²) in [5.74, 6) is 0. The number of rotatable bonds is 10. The van der Waals surface area contributed by atoms with E-state index in [1.54, 1.807) is 0 Å². The van der Waals surface area contributed by atoms with E-state index in [4.69, 9.17) is 4.74 Å². The van der Waals surface area contributed by atoms with Crippen molar-refractivity contribution in [2.45, 2.75) is 46.3 Å². The van der Waals surface area contributed by atoms with Crippen LogP contribution >= 0.6 is 0 Å². The van der Waals surface area contributed by atoms with Crippen LogP contribution in [0.4, 0.5) is 0 Å². The van der Waals surface area contributed by atoms with Crippen molar-refractivity contribution in [3.63, 3.8) is 0 Å². The maximum Gasteiger partial charge on any atom is 0.291 e. The zero-order chi connectivity index (χ0) is 25.1. The lowest BCUT2D eigenvalue weighted by atomic mass is 10.1. The average molecular weight is 479 g/mol. The molecule has 2 heterocycles. The molecule has 0 aliphatic carbocycles. The van der Waals surface area contributed by atoms with E-state index in [0.29, 0.717) is 36.3 Å². The number of benzene rings is 2. The summed E-state index contributed by atoms with van der Waals surface area (Å²) in [7, 11) is 1.85. The molecule has 2 N–H and O–H groups in total. The molecule has 0 aliphatic heterocycles. The molecule has 186 valence electrons. The summed E-state index contributed by atoms with van der Waals surface area (Å²) in [5.41, 5.74) is 3.48. The number of aryl methyl sites for hydroxylation is 2. The Morgan fingerprint density at radius 3 is 2.43 bits per heavy atom. The van der Waals surface area contributed by atoms with Crippen LogP contribution in [-0.4, -0.2) is 55.3 Å². The predicted octanol–water partition coefficient (Wildman–Crippen LogP) is 3.11. The Hall–Kier alpha value is -3.04. The Morgan fingerprint density at radius 2 is 1.74 bits per heavy atom. The number of aromatic nitrogens is 3. The summed E-state index contributed by atoms with van der Waals surface area (Å²) >= 11 is 0. The summed E-state index contributed by atoms with van der Waals surface area (Å²) in [5, 5.41) is 28.1. The smallest absolute Gasteiger partial charge is 0.291 e. The fourth-order valence-corrected chi connectivity index (χ4v) is 4.70. The van der Waals surface area contributed by atoms with Crippen LogP contribution in [0.2, 0.25) is 0 Å². The zero-order valence-electron chi connectivity index (χ0n) is 20.8. The molecule has 0 aliphatic rings. The molecular weight excluding hydrogens is 444 g/mol. The van der Waals surface area contributed by atoms with E-state index in [9.17, 15) is 15.0 Å². The molecule has 0 spiro atoms. The minimum atomic E-state index is -0.990. The minimum Gasteiger partial charge on any atom is -0.389 e. The highest BCUT2D eigenvalue weighted by Gasteiger charge is 2.27. The van der Waals surface area contributed by atoms with Gasteiger partial charge >= 0.3 is 0 Å². The van der Waals surface area contributed by atoms with Gasteiger partial charge in [-0.3, -0.25) is 9.69 Å². The molecule has 0 saturated carbocycles. The Balaban J connectivity index is 1.75. The van der Waals surface area contributed by atoms with Crippen molar-refractivity contribution >= 4 is 21.8 Å². The largest absolute Gasteiger partial charge is 0.389 e. The number of hydrogen-bond acceptors (Lipinski definition) is 6. The fraction of sp³-hybridized carbons (Fsp3) is 0.407. The molecule has 8 nitrogen and oxygen atoms in total. The number of nitrogens with zero attached hydrogens (tertiary/aromatic N) is 4. The SMILES string of the molecule is CCN(CC)C(O)c1nn(CC(O)COCc2ccccc2)c(=O)c2c1c1c(C)cccc1n2C. The topological polar surface area (TPSA) is 92.8 Å². The lowest BCUT2D eigenvalue weighted by molar-refractivity contribution is 0.00288. The summed E-state index contributed by atoms with van der Waals surface area (Å²) in [6.45, 7) is 7.58. The summed E-state index contributed by atoms with van der Waals surface area (Å²) in [4.78, 5) is 15.5. The van der Waals surface area contributed by atoms with Gasteiger partial charge in [0, 0.05) is 23.3 Å². The molecule has 0 radical (unpaired) electrons. The maximum absolute atomic E-state index is 13.6. The van der Waals surface area contributed by atoms with Crippen molar-refractivity contribution < 1.29 is 14.9 Å². The Labute approximate surface area is 205 Å². The van der Waals surface area contributed by atoms with Crippen LogP contribution in [0, 0.1) is 6.92 Å². The lowest BCUT2D eigenvalue weighted by Crippen LogP contribution is -2.35. The first kappa shape index (κ1) is 25.1. The van der Waals surface area contributed by atoms with Crippen LogP contribution in [0.1, 0.15) is 36.9 Å². The van der Waals surface area contributed by atoms with Gasteiger partial charge in [0.15, 0.2) is 6.23 Å². The normalized spacial score (nSPS) is 13.7. The van der Waals surface area contributed by atoms with Gasteiger partial charge in [-0.1, -0.05) is 56.3 Å². The van der Waals surface area contributed by atoms with Crippen LogP contribution in [-0.2, 0) is 24.9 Å². The number of ether oxygens (including phenoxy) is 1. The third-order valence-electron chi connectivity index (χ3n) is 6.56. The summed E-state index contributed by atoms with van der Waals surface area (Å²) in [6.07, 6.45) is -1.92. The molecule has 8 heteroatoms. The van der Waals surface area contributed by atoms with Gasteiger partial charge in [0.05, 0.1) is 25.9 Å². The number of aliphatic hydroxyl groups excluding tert-OH is 2. The van der Waals surface area contributed by atoms with Crippen molar-refractivity contribution in [1.29, 1.82) is 0 Å². The Morgan fingerprint density at radius 1 is 1.03 bits per heavy atom. The van der Waals surface area contributed by atoms with Gasteiger partial charge < -0.3 is 19.5 Å². The number of hydrogen-bond donors (Lipinski definition) is 2. The van der Waals surface area contributed by atoms with Crippen molar-refractivity contribution in [2.24, 2.45) is 7.05 Å². The molecule has 4 rings (SSSR count). The van der Waals surface area contributed by atoms with Gasteiger partial charge in [0.2, 0.25) is 0 Å². The Bertz CT molecular complexity index is 1360. The fourth-order valence-electron chi connectivity index (χ4n) is 4.70. The van der Waals surface area contributed by atoms with Gasteiger partial charge in [-0.15, -0.1) is 0 Å². The van der Waals surface area contributed by atoms with Gasteiger partial charge in [0.1, 0.15) is 11.2 Å². The monoisotopic (exact) mass is 478 g/mol. The molecule has 4 aromatic rings. The van der Waals surface area contributed by atoms with Gasteiger partial charge in [-0.2, -0.15) is 5.10 Å². The second kappa shape index (κ2) is 10.7. The molecular formula is C27H34N4O4. The molecule has 2 aromatic carbocycles. The number of fused-ring (bicyclic) bond motifs is 3. The van der Waals surface area contributed by atoms with E-state index in [2.05, 4.69) is 5.10 Å². The van der Waals surface area contributed by atoms with Crippen molar-refractivity contribution in [1.82, 2.24) is 19.2 Å². The van der Waals surface area contributed by atoms with Crippen LogP contribution in [0.5, 0.6) is 0 Å². The zero-order valence-corrected chi connectivity index (χ0v) is 20.8. The third-order valence-corrected chi connectivity index (χ3v) is 6.56. The van der Waals surface area contributed by atoms with Gasteiger partial charge in [0.25, 0.3) is 5.56 Å². The van der Waals surface area contributed by atoms with Crippen LogP contribution in [0.15, 0.2) is 53.3 Å². The highest BCUT2D eigenvalue weighted by molar-refractivity contribution is 6.10. The van der Waals surface area contributed by atoms with E-state index >= 15 is 0 Å². The standard InChI is InChI=1S/C27H34N4O4/c1-5-30(6-2)26(33)24-23-22-18(3)11-10-14-21(22)29(4)25(23)27(34)31(28-24)15-20(32)17-35-16-19-12-8-7-9-13-19/h7-14,20,26,32-33H,5-6,15-17H2,1-4H3. The van der Waals surface area contributed by atoms with Gasteiger partial charge in [-0.25, -0.2) is 4.68 Å². The molecule has 35 heavy (non-hydrogen) atoms. The second-order valence-corrected chi connectivity index (χ2v) is 8.87. The Kier molecular flexibility index (Phi) is 7.66. The maximum atomic E-state index is 13.6. The average Bonchev–Trinajstić information content (AvgIpc) is 3.16. The van der Waals surface area contributed by atoms with E-state index in [-0.39, 0.29) is 18.7 Å². The molecule has 0 fully saturated rings.